The van der Waals surface area contributed by atoms with Crippen molar-refractivity contribution in [1.29, 1.82) is 0 Å². The molecule has 0 aliphatic carbocycles. The van der Waals surface area contributed by atoms with Crippen molar-refractivity contribution < 1.29 is 4.52 Å². The lowest BCUT2D eigenvalue weighted by Crippen LogP contribution is -2.30. The predicted octanol–water partition coefficient (Wildman–Crippen LogP) is 2.65. The molecule has 0 aliphatic heterocycles. The minimum Gasteiger partial charge on any atom is -0.338 e. The molecule has 22 heavy (non-hydrogen) atoms. The van der Waals surface area contributed by atoms with Gasteiger partial charge in [-0.15, -0.1) is 12.4 Å². The molecule has 5 nitrogen and oxygen atoms in total. The van der Waals surface area contributed by atoms with Crippen LogP contribution in [0.5, 0.6) is 0 Å². The molecule has 0 aliphatic rings. The average Bonchev–Trinajstić information content (AvgIpc) is 2.93. The van der Waals surface area contributed by atoms with Crippen molar-refractivity contribution in [1.82, 2.24) is 15.0 Å². The molecule has 1 aromatic carbocycles. The summed E-state index contributed by atoms with van der Waals surface area (Å²) in [5.74, 6) is 1.81. The summed E-state index contributed by atoms with van der Waals surface area (Å²) in [4.78, 5) is 6.65. The molecule has 0 spiro atoms. The van der Waals surface area contributed by atoms with Gasteiger partial charge in [-0.25, -0.2) is 0 Å². The zero-order chi connectivity index (χ0) is 15.1. The molecule has 2 rings (SSSR count). The smallest absolute Gasteiger partial charge is 0.240 e. The van der Waals surface area contributed by atoms with Crippen LogP contribution in [-0.2, 0) is 19.5 Å². The lowest BCUT2D eigenvalue weighted by atomic mass is 10.1. The van der Waals surface area contributed by atoms with E-state index in [0.717, 1.165) is 19.5 Å². The van der Waals surface area contributed by atoms with Gasteiger partial charge in [0.15, 0.2) is 5.82 Å². The van der Waals surface area contributed by atoms with Crippen molar-refractivity contribution in [2.75, 3.05) is 13.1 Å². The van der Waals surface area contributed by atoms with Gasteiger partial charge in [-0.3, -0.25) is 4.90 Å². The van der Waals surface area contributed by atoms with Gasteiger partial charge >= 0.3 is 0 Å². The van der Waals surface area contributed by atoms with Gasteiger partial charge in [-0.05, 0) is 17.9 Å². The molecule has 6 heteroatoms. The zero-order valence-electron chi connectivity index (χ0n) is 13.2. The molecule has 0 atom stereocenters. The van der Waals surface area contributed by atoms with E-state index in [9.17, 15) is 0 Å². The molecule has 0 radical (unpaired) electrons. The van der Waals surface area contributed by atoms with Crippen LogP contribution in [0.15, 0.2) is 34.9 Å². The third-order valence-electron chi connectivity index (χ3n) is 3.23. The molecule has 1 heterocycles. The first kappa shape index (κ1) is 18.6. The van der Waals surface area contributed by atoms with E-state index in [1.165, 1.54) is 5.56 Å². The molecule has 122 valence electrons. The van der Waals surface area contributed by atoms with Gasteiger partial charge in [-0.1, -0.05) is 49.3 Å². The third-order valence-corrected chi connectivity index (χ3v) is 3.23. The first-order valence-electron chi connectivity index (χ1n) is 7.45. The Labute approximate surface area is 138 Å². The monoisotopic (exact) mass is 324 g/mol. The standard InChI is InChI=1S/C16H24N4O.ClH/c1-13(2)11-20(9-8-14-6-4-3-5-7-14)12-15-18-16(10-17)21-19-15;/h3-7,13H,8-12,17H2,1-2H3;1H. The highest BCUT2D eigenvalue weighted by Gasteiger charge is 2.12. The summed E-state index contributed by atoms with van der Waals surface area (Å²) in [6.45, 7) is 7.43. The number of hydrogen-bond donors (Lipinski definition) is 1. The second kappa shape index (κ2) is 9.56. The SMILES string of the molecule is CC(C)CN(CCc1ccccc1)Cc1noc(CN)n1.Cl. The highest BCUT2D eigenvalue weighted by Crippen LogP contribution is 2.08. The Morgan fingerprint density at radius 2 is 1.95 bits per heavy atom. The van der Waals surface area contributed by atoms with Crippen LogP contribution in [0.1, 0.15) is 31.1 Å². The molecule has 0 saturated carbocycles. The second-order valence-electron chi connectivity index (χ2n) is 5.67. The van der Waals surface area contributed by atoms with Crippen LogP contribution in [0.2, 0.25) is 0 Å². The minimum absolute atomic E-state index is 0. The molecule has 0 bridgehead atoms. The Balaban J connectivity index is 0.00000242. The molecular weight excluding hydrogens is 300 g/mol. The number of nitrogens with two attached hydrogens (primary N) is 1. The minimum atomic E-state index is 0. The van der Waals surface area contributed by atoms with Crippen molar-refractivity contribution in [3.8, 4) is 0 Å². The van der Waals surface area contributed by atoms with Gasteiger partial charge in [0.1, 0.15) is 0 Å². The van der Waals surface area contributed by atoms with Crippen molar-refractivity contribution in [3.63, 3.8) is 0 Å². The number of halogens is 1. The quantitative estimate of drug-likeness (QED) is 0.808. The Hall–Kier alpha value is -1.43. The van der Waals surface area contributed by atoms with Crippen LogP contribution in [0.4, 0.5) is 0 Å². The number of aromatic nitrogens is 2. The highest BCUT2D eigenvalue weighted by atomic mass is 35.5. The van der Waals surface area contributed by atoms with E-state index < -0.39 is 0 Å². The number of nitrogens with zero attached hydrogens (tertiary/aromatic N) is 3. The Kier molecular flexibility index (Phi) is 8.09. The molecule has 2 aromatic rings. The lowest BCUT2D eigenvalue weighted by molar-refractivity contribution is 0.230. The molecule has 2 N–H and O–H groups in total. The molecular formula is C16H25ClN4O. The van der Waals surface area contributed by atoms with Gasteiger partial charge in [0.2, 0.25) is 5.89 Å². The maximum Gasteiger partial charge on any atom is 0.240 e. The van der Waals surface area contributed by atoms with Crippen molar-refractivity contribution in [2.45, 2.75) is 33.4 Å². The summed E-state index contributed by atoms with van der Waals surface area (Å²) in [7, 11) is 0. The van der Waals surface area contributed by atoms with Gasteiger partial charge in [0.25, 0.3) is 0 Å². The molecule has 0 fully saturated rings. The fourth-order valence-electron chi connectivity index (χ4n) is 2.32. The normalized spacial score (nSPS) is 11.0. The van der Waals surface area contributed by atoms with Crippen molar-refractivity contribution >= 4 is 12.4 Å². The third kappa shape index (κ3) is 6.13. The van der Waals surface area contributed by atoms with Crippen LogP contribution in [-0.4, -0.2) is 28.1 Å². The van der Waals surface area contributed by atoms with E-state index in [1.54, 1.807) is 0 Å². The van der Waals surface area contributed by atoms with E-state index >= 15 is 0 Å². The summed E-state index contributed by atoms with van der Waals surface area (Å²) >= 11 is 0. The van der Waals surface area contributed by atoms with Crippen LogP contribution < -0.4 is 5.73 Å². The maximum absolute atomic E-state index is 5.50. The summed E-state index contributed by atoms with van der Waals surface area (Å²) in [6.07, 6.45) is 1.02. The first-order valence-corrected chi connectivity index (χ1v) is 7.45. The molecule has 0 amide bonds. The fraction of sp³-hybridized carbons (Fsp3) is 0.500. The first-order chi connectivity index (χ1) is 10.2. The number of hydrogen-bond acceptors (Lipinski definition) is 5. The van der Waals surface area contributed by atoms with Gasteiger partial charge in [-0.2, -0.15) is 4.98 Å². The summed E-state index contributed by atoms with van der Waals surface area (Å²) in [5.41, 5.74) is 6.85. The average molecular weight is 325 g/mol. The molecule has 1 aromatic heterocycles. The van der Waals surface area contributed by atoms with E-state index in [1.807, 2.05) is 6.07 Å². The molecule has 0 unspecified atom stereocenters. The summed E-state index contributed by atoms with van der Waals surface area (Å²) in [6, 6.07) is 10.5. The Bertz CT molecular complexity index is 530. The van der Waals surface area contributed by atoms with Crippen molar-refractivity contribution in [2.24, 2.45) is 11.7 Å². The second-order valence-corrected chi connectivity index (χ2v) is 5.67. The van der Waals surface area contributed by atoms with Gasteiger partial charge < -0.3 is 10.3 Å². The number of rotatable bonds is 8. The molecule has 0 saturated heterocycles. The van der Waals surface area contributed by atoms with Crippen LogP contribution in [0.25, 0.3) is 0 Å². The number of benzene rings is 1. The Morgan fingerprint density at radius 3 is 2.55 bits per heavy atom. The van der Waals surface area contributed by atoms with Crippen molar-refractivity contribution in [3.05, 3.63) is 47.6 Å². The van der Waals surface area contributed by atoms with E-state index in [-0.39, 0.29) is 12.4 Å². The van der Waals surface area contributed by atoms with E-state index in [2.05, 4.69) is 53.2 Å². The van der Waals surface area contributed by atoms with Gasteiger partial charge in [0, 0.05) is 13.1 Å². The van der Waals surface area contributed by atoms with E-state index in [4.69, 9.17) is 10.3 Å². The Morgan fingerprint density at radius 1 is 1.23 bits per heavy atom. The largest absolute Gasteiger partial charge is 0.338 e. The summed E-state index contributed by atoms with van der Waals surface area (Å²) < 4.78 is 5.07. The van der Waals surface area contributed by atoms with Crippen LogP contribution >= 0.6 is 12.4 Å². The predicted molar refractivity (Wildman–Crippen MR) is 89.7 cm³/mol. The lowest BCUT2D eigenvalue weighted by Gasteiger charge is -2.22. The highest BCUT2D eigenvalue weighted by molar-refractivity contribution is 5.85. The van der Waals surface area contributed by atoms with Crippen LogP contribution in [0.3, 0.4) is 0 Å². The van der Waals surface area contributed by atoms with Crippen LogP contribution in [0, 0.1) is 5.92 Å². The van der Waals surface area contributed by atoms with E-state index in [0.29, 0.717) is 30.7 Å². The fourth-order valence-corrected chi connectivity index (χ4v) is 2.32. The maximum atomic E-state index is 5.50. The topological polar surface area (TPSA) is 68.2 Å². The summed E-state index contributed by atoms with van der Waals surface area (Å²) in [5, 5.41) is 3.98. The zero-order valence-corrected chi connectivity index (χ0v) is 14.1. The van der Waals surface area contributed by atoms with Gasteiger partial charge in [0.05, 0.1) is 13.1 Å².